The molecule has 0 spiro atoms. The molecule has 1 aromatic rings. The average Bonchev–Trinajstić information content (AvgIpc) is 2.27. The number of benzene rings is 1. The number of aliphatic hydroxyl groups is 1. The molecular weight excluding hydrogens is 287 g/mol. The molecule has 1 N–H and O–H groups in total. The maximum absolute atomic E-state index is 10.9. The summed E-state index contributed by atoms with van der Waals surface area (Å²) in [6.07, 6.45) is 1.61. The molecule has 1 unspecified atom stereocenters. The summed E-state index contributed by atoms with van der Waals surface area (Å²) in [5, 5.41) is 12.2. The minimum Gasteiger partial charge on any atom is -0.388 e. The Labute approximate surface area is 123 Å². The Morgan fingerprint density at radius 3 is 2.67 bits per heavy atom. The van der Waals surface area contributed by atoms with Crippen LogP contribution in [0.5, 0.6) is 0 Å². The van der Waals surface area contributed by atoms with E-state index < -0.39 is 5.60 Å². The largest absolute Gasteiger partial charge is 0.388 e. The molecule has 1 saturated heterocycles. The molecular formula is C14H18Cl2OS. The van der Waals surface area contributed by atoms with Crippen molar-refractivity contribution in [1.29, 1.82) is 0 Å². The highest BCUT2D eigenvalue weighted by molar-refractivity contribution is 7.99. The summed E-state index contributed by atoms with van der Waals surface area (Å²) >= 11 is 13.9. The Morgan fingerprint density at radius 2 is 2.06 bits per heavy atom. The van der Waals surface area contributed by atoms with Crippen molar-refractivity contribution >= 4 is 35.0 Å². The SMILES string of the molecule is CC1(C)CCSCC1(O)Cc1ccc(Cl)cc1Cl. The number of rotatable bonds is 2. The van der Waals surface area contributed by atoms with Crippen LogP contribution in [-0.4, -0.2) is 22.2 Å². The Bertz CT molecular complexity index is 447. The fraction of sp³-hybridized carbons (Fsp3) is 0.571. The lowest BCUT2D eigenvalue weighted by atomic mass is 9.70. The summed E-state index contributed by atoms with van der Waals surface area (Å²) in [6.45, 7) is 4.27. The first-order chi connectivity index (χ1) is 8.34. The van der Waals surface area contributed by atoms with E-state index in [9.17, 15) is 5.11 Å². The third-order valence-corrected chi connectivity index (χ3v) is 5.73. The molecule has 1 aromatic carbocycles. The molecule has 1 fully saturated rings. The normalized spacial score (nSPS) is 27.2. The molecule has 1 aliphatic heterocycles. The van der Waals surface area contributed by atoms with Crippen molar-refractivity contribution in [2.75, 3.05) is 11.5 Å². The summed E-state index contributed by atoms with van der Waals surface area (Å²) < 4.78 is 0. The summed E-state index contributed by atoms with van der Waals surface area (Å²) in [4.78, 5) is 0. The molecule has 0 bridgehead atoms. The molecule has 1 nitrogen and oxygen atoms in total. The molecule has 1 aliphatic rings. The second-order valence-corrected chi connectivity index (χ2v) is 7.58. The van der Waals surface area contributed by atoms with E-state index in [-0.39, 0.29) is 5.41 Å². The van der Waals surface area contributed by atoms with Gasteiger partial charge in [0, 0.05) is 22.2 Å². The summed E-state index contributed by atoms with van der Waals surface area (Å²) in [7, 11) is 0. The highest BCUT2D eigenvalue weighted by atomic mass is 35.5. The molecule has 0 aromatic heterocycles. The fourth-order valence-electron chi connectivity index (χ4n) is 2.27. The van der Waals surface area contributed by atoms with Crippen molar-refractivity contribution in [2.45, 2.75) is 32.3 Å². The van der Waals surface area contributed by atoms with Crippen LogP contribution in [-0.2, 0) is 6.42 Å². The number of thioether (sulfide) groups is 1. The number of halogens is 2. The monoisotopic (exact) mass is 304 g/mol. The molecule has 18 heavy (non-hydrogen) atoms. The molecule has 4 heteroatoms. The number of hydrogen-bond donors (Lipinski definition) is 1. The van der Waals surface area contributed by atoms with E-state index in [2.05, 4.69) is 13.8 Å². The van der Waals surface area contributed by atoms with Gasteiger partial charge in [-0.1, -0.05) is 43.1 Å². The van der Waals surface area contributed by atoms with Crippen molar-refractivity contribution in [3.05, 3.63) is 33.8 Å². The van der Waals surface area contributed by atoms with Crippen LogP contribution in [0.2, 0.25) is 10.0 Å². The van der Waals surface area contributed by atoms with Crippen molar-refractivity contribution in [1.82, 2.24) is 0 Å². The van der Waals surface area contributed by atoms with E-state index in [1.54, 1.807) is 6.07 Å². The van der Waals surface area contributed by atoms with Crippen LogP contribution in [0.4, 0.5) is 0 Å². The Kier molecular flexibility index (Phi) is 4.23. The highest BCUT2D eigenvalue weighted by Gasteiger charge is 2.45. The van der Waals surface area contributed by atoms with Gasteiger partial charge >= 0.3 is 0 Å². The lowest BCUT2D eigenvalue weighted by molar-refractivity contribution is -0.0512. The quantitative estimate of drug-likeness (QED) is 0.872. The van der Waals surface area contributed by atoms with Gasteiger partial charge in [0.05, 0.1) is 5.60 Å². The summed E-state index contributed by atoms with van der Waals surface area (Å²) in [6, 6.07) is 5.48. The zero-order valence-electron chi connectivity index (χ0n) is 10.7. The van der Waals surface area contributed by atoms with Crippen LogP contribution >= 0.6 is 35.0 Å². The summed E-state index contributed by atoms with van der Waals surface area (Å²) in [5.74, 6) is 1.88. The van der Waals surface area contributed by atoms with Gasteiger partial charge in [-0.2, -0.15) is 11.8 Å². The first-order valence-electron chi connectivity index (χ1n) is 6.08. The van der Waals surface area contributed by atoms with Crippen LogP contribution < -0.4 is 0 Å². The Hall–Kier alpha value is 0.110. The Balaban J connectivity index is 2.26. The van der Waals surface area contributed by atoms with Gasteiger partial charge in [0.25, 0.3) is 0 Å². The van der Waals surface area contributed by atoms with Crippen LogP contribution in [0.1, 0.15) is 25.8 Å². The van der Waals surface area contributed by atoms with Crippen LogP contribution in [0.15, 0.2) is 18.2 Å². The van der Waals surface area contributed by atoms with Gasteiger partial charge in [-0.15, -0.1) is 0 Å². The lowest BCUT2D eigenvalue weighted by Gasteiger charge is -2.46. The third kappa shape index (κ3) is 2.82. The van der Waals surface area contributed by atoms with E-state index in [1.807, 2.05) is 23.9 Å². The summed E-state index contributed by atoms with van der Waals surface area (Å²) in [5.41, 5.74) is 0.188. The molecule has 1 heterocycles. The van der Waals surface area contributed by atoms with Gasteiger partial charge in [0.2, 0.25) is 0 Å². The minimum absolute atomic E-state index is 0.0821. The van der Waals surface area contributed by atoms with E-state index >= 15 is 0 Å². The molecule has 0 saturated carbocycles. The van der Waals surface area contributed by atoms with E-state index in [0.717, 1.165) is 23.5 Å². The first-order valence-corrected chi connectivity index (χ1v) is 7.99. The van der Waals surface area contributed by atoms with Crippen molar-refractivity contribution in [3.8, 4) is 0 Å². The molecule has 1 atom stereocenters. The molecule has 0 radical (unpaired) electrons. The highest BCUT2D eigenvalue weighted by Crippen LogP contribution is 2.44. The number of hydrogen-bond acceptors (Lipinski definition) is 2. The smallest absolute Gasteiger partial charge is 0.0829 e. The standard InChI is InChI=1S/C14H18Cl2OS/c1-13(2)5-6-18-9-14(13,17)8-10-3-4-11(15)7-12(10)16/h3-4,7,17H,5-6,8-9H2,1-2H3. The van der Waals surface area contributed by atoms with Gasteiger partial charge < -0.3 is 5.11 Å². The first kappa shape index (κ1) is 14.5. The van der Waals surface area contributed by atoms with E-state index in [4.69, 9.17) is 23.2 Å². The zero-order chi connectivity index (χ0) is 13.4. The molecule has 2 rings (SSSR count). The van der Waals surface area contributed by atoms with Crippen molar-refractivity contribution in [2.24, 2.45) is 5.41 Å². The Morgan fingerprint density at radius 1 is 1.33 bits per heavy atom. The second kappa shape index (κ2) is 5.24. The molecule has 0 amide bonds. The van der Waals surface area contributed by atoms with Crippen LogP contribution in [0.25, 0.3) is 0 Å². The van der Waals surface area contributed by atoms with Gasteiger partial charge in [0.15, 0.2) is 0 Å². The predicted octanol–water partition coefficient (Wildman–Crippen LogP) is 4.43. The van der Waals surface area contributed by atoms with Crippen molar-refractivity contribution in [3.63, 3.8) is 0 Å². The molecule has 100 valence electrons. The lowest BCUT2D eigenvalue weighted by Crippen LogP contribution is -2.51. The van der Waals surface area contributed by atoms with Crippen molar-refractivity contribution < 1.29 is 5.11 Å². The third-order valence-electron chi connectivity index (χ3n) is 3.97. The van der Waals surface area contributed by atoms with Gasteiger partial charge in [-0.25, -0.2) is 0 Å². The second-order valence-electron chi connectivity index (χ2n) is 5.63. The maximum atomic E-state index is 10.9. The minimum atomic E-state index is -0.701. The fourth-order valence-corrected chi connectivity index (χ4v) is 4.37. The average molecular weight is 305 g/mol. The zero-order valence-corrected chi connectivity index (χ0v) is 13.0. The van der Waals surface area contributed by atoms with Gasteiger partial charge in [0.1, 0.15) is 0 Å². The predicted molar refractivity (Wildman–Crippen MR) is 80.8 cm³/mol. The van der Waals surface area contributed by atoms with Crippen LogP contribution in [0.3, 0.4) is 0 Å². The topological polar surface area (TPSA) is 20.2 Å². The van der Waals surface area contributed by atoms with Gasteiger partial charge in [-0.3, -0.25) is 0 Å². The van der Waals surface area contributed by atoms with Crippen LogP contribution in [0, 0.1) is 5.41 Å². The maximum Gasteiger partial charge on any atom is 0.0829 e. The van der Waals surface area contributed by atoms with E-state index in [0.29, 0.717) is 16.5 Å². The molecule has 0 aliphatic carbocycles. The van der Waals surface area contributed by atoms with Gasteiger partial charge in [-0.05, 0) is 35.3 Å². The van der Waals surface area contributed by atoms with E-state index in [1.165, 1.54) is 0 Å².